The Bertz CT molecular complexity index is 304. The molecule has 0 aliphatic rings. The lowest BCUT2D eigenvalue weighted by molar-refractivity contribution is 0.395. The summed E-state index contributed by atoms with van der Waals surface area (Å²) >= 11 is 1.68. The molecule has 0 saturated carbocycles. The van der Waals surface area contributed by atoms with Crippen LogP contribution in [0.1, 0.15) is 20.3 Å². The number of thioether (sulfide) groups is 1. The predicted octanol–water partition coefficient (Wildman–Crippen LogP) is 2.56. The molecule has 0 amide bonds. The fourth-order valence-corrected chi connectivity index (χ4v) is 1.81. The Labute approximate surface area is 89.1 Å². The number of nitrogen functional groups attached to an aromatic ring is 1. The molecule has 1 heterocycles. The van der Waals surface area contributed by atoms with Gasteiger partial charge in [0.2, 0.25) is 5.88 Å². The summed E-state index contributed by atoms with van der Waals surface area (Å²) in [4.78, 5) is 4.29. The molecule has 3 nitrogen and oxygen atoms in total. The maximum Gasteiger partial charge on any atom is 0.214 e. The third kappa shape index (κ3) is 2.80. The molecule has 0 aromatic carbocycles. The van der Waals surface area contributed by atoms with Gasteiger partial charge in [-0.25, -0.2) is 4.98 Å². The Morgan fingerprint density at radius 1 is 1.57 bits per heavy atom. The van der Waals surface area contributed by atoms with Crippen molar-refractivity contribution in [3.8, 4) is 5.88 Å². The topological polar surface area (TPSA) is 48.1 Å². The molecule has 0 bridgehead atoms. The maximum absolute atomic E-state index is 5.81. The van der Waals surface area contributed by atoms with Crippen LogP contribution >= 0.6 is 11.8 Å². The van der Waals surface area contributed by atoms with Crippen LogP contribution in [0.5, 0.6) is 5.88 Å². The number of methoxy groups -OCH3 is 1. The normalized spacial score (nSPS) is 12.5. The highest BCUT2D eigenvalue weighted by Crippen LogP contribution is 2.29. The molecule has 0 aliphatic heterocycles. The van der Waals surface area contributed by atoms with E-state index in [9.17, 15) is 0 Å². The Morgan fingerprint density at radius 3 is 2.86 bits per heavy atom. The molecule has 1 aromatic rings. The van der Waals surface area contributed by atoms with Crippen molar-refractivity contribution in [1.82, 2.24) is 4.98 Å². The second-order valence-electron chi connectivity index (χ2n) is 3.08. The van der Waals surface area contributed by atoms with Gasteiger partial charge in [0.15, 0.2) is 0 Å². The first-order chi connectivity index (χ1) is 6.67. The van der Waals surface area contributed by atoms with Gasteiger partial charge in [0.25, 0.3) is 0 Å². The van der Waals surface area contributed by atoms with E-state index < -0.39 is 0 Å². The summed E-state index contributed by atoms with van der Waals surface area (Å²) < 4.78 is 5.05. The van der Waals surface area contributed by atoms with E-state index in [1.807, 2.05) is 6.07 Å². The van der Waals surface area contributed by atoms with Crippen LogP contribution in [0.3, 0.4) is 0 Å². The first-order valence-corrected chi connectivity index (χ1v) is 5.52. The zero-order valence-corrected chi connectivity index (χ0v) is 9.60. The van der Waals surface area contributed by atoms with Crippen molar-refractivity contribution in [2.75, 3.05) is 12.8 Å². The molecule has 78 valence electrons. The van der Waals surface area contributed by atoms with Gasteiger partial charge < -0.3 is 10.5 Å². The number of nitrogens with zero attached hydrogens (tertiary/aromatic N) is 1. The second-order valence-corrected chi connectivity index (χ2v) is 4.51. The fraction of sp³-hybridized carbons (Fsp3) is 0.500. The van der Waals surface area contributed by atoms with Gasteiger partial charge in [-0.2, -0.15) is 0 Å². The number of rotatable bonds is 4. The van der Waals surface area contributed by atoms with Gasteiger partial charge in [-0.3, -0.25) is 0 Å². The summed E-state index contributed by atoms with van der Waals surface area (Å²) in [6.45, 7) is 4.30. The van der Waals surface area contributed by atoms with Crippen LogP contribution in [0.25, 0.3) is 0 Å². The fourth-order valence-electron chi connectivity index (χ4n) is 0.916. The van der Waals surface area contributed by atoms with Gasteiger partial charge in [0.1, 0.15) is 5.03 Å². The van der Waals surface area contributed by atoms with Gasteiger partial charge in [-0.1, -0.05) is 13.8 Å². The summed E-state index contributed by atoms with van der Waals surface area (Å²) in [6.07, 6.45) is 1.10. The van der Waals surface area contributed by atoms with Crippen LogP contribution in [-0.2, 0) is 0 Å². The first-order valence-electron chi connectivity index (χ1n) is 4.64. The molecule has 1 aromatic heterocycles. The van der Waals surface area contributed by atoms with Gasteiger partial charge in [0, 0.05) is 11.3 Å². The molecule has 0 spiro atoms. The number of ether oxygens (including phenoxy) is 1. The smallest absolute Gasteiger partial charge is 0.214 e. The summed E-state index contributed by atoms with van der Waals surface area (Å²) in [5.41, 5.74) is 6.53. The lowest BCUT2D eigenvalue weighted by Crippen LogP contribution is -1.99. The third-order valence-electron chi connectivity index (χ3n) is 1.96. The molecular weight excluding hydrogens is 196 g/mol. The van der Waals surface area contributed by atoms with Crippen LogP contribution in [0, 0.1) is 0 Å². The van der Waals surface area contributed by atoms with Gasteiger partial charge in [0.05, 0.1) is 12.8 Å². The summed E-state index contributed by atoms with van der Waals surface area (Å²) in [5.74, 6) is 0.616. The molecule has 0 fully saturated rings. The molecule has 0 radical (unpaired) electrons. The molecule has 14 heavy (non-hydrogen) atoms. The second kappa shape index (κ2) is 5.10. The van der Waals surface area contributed by atoms with Gasteiger partial charge in [-0.05, 0) is 12.5 Å². The zero-order valence-electron chi connectivity index (χ0n) is 8.78. The number of pyridine rings is 1. The molecular formula is C10H16N2OS. The van der Waals surface area contributed by atoms with E-state index in [1.54, 1.807) is 24.9 Å². The lowest BCUT2D eigenvalue weighted by atomic mass is 10.4. The van der Waals surface area contributed by atoms with E-state index in [1.165, 1.54) is 0 Å². The van der Waals surface area contributed by atoms with Crippen LogP contribution in [0.2, 0.25) is 0 Å². The van der Waals surface area contributed by atoms with Gasteiger partial charge >= 0.3 is 0 Å². The summed E-state index contributed by atoms with van der Waals surface area (Å²) in [5, 5.41) is 1.38. The van der Waals surface area contributed by atoms with E-state index in [2.05, 4.69) is 18.8 Å². The Balaban J connectivity index is 2.83. The average Bonchev–Trinajstić information content (AvgIpc) is 2.21. The van der Waals surface area contributed by atoms with Crippen molar-refractivity contribution in [2.24, 2.45) is 0 Å². The molecule has 0 saturated heterocycles. The minimum atomic E-state index is 0.525. The number of nitrogens with two attached hydrogens (primary N) is 1. The van der Waals surface area contributed by atoms with Crippen LogP contribution in [0.15, 0.2) is 17.2 Å². The van der Waals surface area contributed by atoms with Gasteiger partial charge in [-0.15, -0.1) is 11.8 Å². The van der Waals surface area contributed by atoms with E-state index in [0.29, 0.717) is 11.1 Å². The quantitative estimate of drug-likeness (QED) is 0.779. The average molecular weight is 212 g/mol. The maximum atomic E-state index is 5.81. The monoisotopic (exact) mass is 212 g/mol. The zero-order chi connectivity index (χ0) is 10.6. The van der Waals surface area contributed by atoms with Crippen LogP contribution in [-0.4, -0.2) is 17.3 Å². The minimum absolute atomic E-state index is 0.525. The highest BCUT2D eigenvalue weighted by atomic mass is 32.2. The molecule has 1 rings (SSSR count). The van der Waals surface area contributed by atoms with Crippen LogP contribution < -0.4 is 10.5 Å². The van der Waals surface area contributed by atoms with E-state index in [4.69, 9.17) is 10.5 Å². The van der Waals surface area contributed by atoms with E-state index in [-0.39, 0.29) is 0 Å². The SMILES string of the molecule is CCC(C)Sc1nc(OC)ccc1N. The Hall–Kier alpha value is -0.900. The van der Waals surface area contributed by atoms with Crippen molar-refractivity contribution in [3.05, 3.63) is 12.1 Å². The Morgan fingerprint density at radius 2 is 2.29 bits per heavy atom. The van der Waals surface area contributed by atoms with Crippen molar-refractivity contribution in [1.29, 1.82) is 0 Å². The van der Waals surface area contributed by atoms with Crippen molar-refractivity contribution in [2.45, 2.75) is 30.5 Å². The molecule has 1 unspecified atom stereocenters. The van der Waals surface area contributed by atoms with Crippen molar-refractivity contribution in [3.63, 3.8) is 0 Å². The van der Waals surface area contributed by atoms with Crippen molar-refractivity contribution < 1.29 is 4.74 Å². The standard InChI is InChI=1S/C10H16N2OS/c1-4-7(2)14-10-8(11)5-6-9(12-10)13-3/h5-7H,4,11H2,1-3H3. The largest absolute Gasteiger partial charge is 0.481 e. The predicted molar refractivity (Wildman–Crippen MR) is 60.8 cm³/mol. The lowest BCUT2D eigenvalue weighted by Gasteiger charge is -2.10. The minimum Gasteiger partial charge on any atom is -0.481 e. The van der Waals surface area contributed by atoms with Crippen molar-refractivity contribution >= 4 is 17.4 Å². The number of hydrogen-bond acceptors (Lipinski definition) is 4. The van der Waals surface area contributed by atoms with Crippen LogP contribution in [0.4, 0.5) is 5.69 Å². The van der Waals surface area contributed by atoms with E-state index >= 15 is 0 Å². The summed E-state index contributed by atoms with van der Waals surface area (Å²) in [6, 6.07) is 3.60. The molecule has 0 aliphatic carbocycles. The van der Waals surface area contributed by atoms with E-state index in [0.717, 1.165) is 17.1 Å². The number of aromatic nitrogens is 1. The molecule has 4 heteroatoms. The highest BCUT2D eigenvalue weighted by Gasteiger charge is 2.07. The third-order valence-corrected chi connectivity index (χ3v) is 3.25. The number of hydrogen-bond donors (Lipinski definition) is 1. The highest BCUT2D eigenvalue weighted by molar-refractivity contribution is 8.00. The molecule has 1 atom stereocenters. The number of anilines is 1. The summed E-state index contributed by atoms with van der Waals surface area (Å²) in [7, 11) is 1.61. The Kier molecular flexibility index (Phi) is 4.07. The first kappa shape index (κ1) is 11.2. The molecule has 2 N–H and O–H groups in total.